The highest BCUT2D eigenvalue weighted by Crippen LogP contribution is 2.13. The minimum Gasteiger partial charge on any atom is -0.480 e. The van der Waals surface area contributed by atoms with E-state index in [-0.39, 0.29) is 18.2 Å². The van der Waals surface area contributed by atoms with E-state index in [9.17, 15) is 14.9 Å². The van der Waals surface area contributed by atoms with Crippen LogP contribution in [0.15, 0.2) is 24.3 Å². The Hall–Kier alpha value is -1.95. The molecule has 0 aliphatic carbocycles. The van der Waals surface area contributed by atoms with Gasteiger partial charge in [0.05, 0.1) is 4.92 Å². The molecule has 1 unspecified atom stereocenters. The van der Waals surface area contributed by atoms with Gasteiger partial charge in [0.2, 0.25) is 0 Å². The molecule has 18 heavy (non-hydrogen) atoms. The molecular formula is C12H16N2O4. The first kappa shape index (κ1) is 14.1. The standard InChI is InChI=1S/C12H16N2O4/c1-8(2)11(12(15)16)13-7-9-4-3-5-10(6-9)14(17)18/h3-6,8,11,13H,7H2,1-2H3,(H,15,16). The fraction of sp³-hybridized carbons (Fsp3) is 0.417. The van der Waals surface area contributed by atoms with E-state index >= 15 is 0 Å². The summed E-state index contributed by atoms with van der Waals surface area (Å²) in [6, 6.07) is 5.48. The average Bonchev–Trinajstić information content (AvgIpc) is 2.28. The monoisotopic (exact) mass is 252 g/mol. The van der Waals surface area contributed by atoms with Gasteiger partial charge in [-0.05, 0) is 11.5 Å². The van der Waals surface area contributed by atoms with E-state index in [0.717, 1.165) is 0 Å². The molecule has 0 aliphatic rings. The van der Waals surface area contributed by atoms with Crippen LogP contribution in [0.25, 0.3) is 0 Å². The minimum atomic E-state index is -0.921. The fourth-order valence-electron chi connectivity index (χ4n) is 1.62. The van der Waals surface area contributed by atoms with Gasteiger partial charge in [-0.3, -0.25) is 14.9 Å². The highest BCUT2D eigenvalue weighted by Gasteiger charge is 2.20. The predicted molar refractivity (Wildman–Crippen MR) is 66.2 cm³/mol. The Morgan fingerprint density at radius 2 is 2.17 bits per heavy atom. The van der Waals surface area contributed by atoms with Crippen LogP contribution < -0.4 is 5.32 Å². The lowest BCUT2D eigenvalue weighted by Gasteiger charge is -2.17. The van der Waals surface area contributed by atoms with E-state index in [1.54, 1.807) is 26.0 Å². The Morgan fingerprint density at radius 1 is 1.50 bits per heavy atom. The third-order valence-corrected chi connectivity index (χ3v) is 2.58. The van der Waals surface area contributed by atoms with Crippen molar-refractivity contribution < 1.29 is 14.8 Å². The molecule has 0 aromatic heterocycles. The second kappa shape index (κ2) is 6.11. The maximum absolute atomic E-state index is 11.0. The van der Waals surface area contributed by atoms with Gasteiger partial charge in [-0.25, -0.2) is 0 Å². The average molecular weight is 252 g/mol. The molecule has 6 nitrogen and oxygen atoms in total. The number of carboxylic acids is 1. The summed E-state index contributed by atoms with van der Waals surface area (Å²) in [5, 5.41) is 22.5. The lowest BCUT2D eigenvalue weighted by Crippen LogP contribution is -2.40. The van der Waals surface area contributed by atoms with E-state index in [0.29, 0.717) is 5.56 Å². The van der Waals surface area contributed by atoms with Crippen molar-refractivity contribution >= 4 is 11.7 Å². The predicted octanol–water partition coefficient (Wildman–Crippen LogP) is 1.79. The summed E-state index contributed by atoms with van der Waals surface area (Å²) in [6.07, 6.45) is 0. The van der Waals surface area contributed by atoms with Gasteiger partial charge >= 0.3 is 5.97 Å². The normalized spacial score (nSPS) is 12.4. The van der Waals surface area contributed by atoms with Crippen LogP contribution in [0.1, 0.15) is 19.4 Å². The van der Waals surface area contributed by atoms with Crippen LogP contribution in [-0.4, -0.2) is 22.0 Å². The van der Waals surface area contributed by atoms with Crippen molar-refractivity contribution in [3.05, 3.63) is 39.9 Å². The lowest BCUT2D eigenvalue weighted by molar-refractivity contribution is -0.384. The van der Waals surface area contributed by atoms with Crippen molar-refractivity contribution in [3.63, 3.8) is 0 Å². The number of aliphatic carboxylic acids is 1. The molecule has 98 valence electrons. The van der Waals surface area contributed by atoms with Crippen LogP contribution in [0.3, 0.4) is 0 Å². The highest BCUT2D eigenvalue weighted by molar-refractivity contribution is 5.73. The molecule has 0 saturated heterocycles. The summed E-state index contributed by atoms with van der Waals surface area (Å²) >= 11 is 0. The number of non-ortho nitro benzene ring substituents is 1. The molecule has 1 aromatic rings. The van der Waals surface area contributed by atoms with E-state index in [1.165, 1.54) is 12.1 Å². The van der Waals surface area contributed by atoms with Crippen molar-refractivity contribution in [1.29, 1.82) is 0 Å². The van der Waals surface area contributed by atoms with Gasteiger partial charge in [-0.15, -0.1) is 0 Å². The fourth-order valence-corrected chi connectivity index (χ4v) is 1.62. The largest absolute Gasteiger partial charge is 0.480 e. The summed E-state index contributed by atoms with van der Waals surface area (Å²) in [5.74, 6) is -0.975. The third-order valence-electron chi connectivity index (χ3n) is 2.58. The summed E-state index contributed by atoms with van der Waals surface area (Å²) in [6.45, 7) is 3.90. The topological polar surface area (TPSA) is 92.5 Å². The Bertz CT molecular complexity index is 445. The van der Waals surface area contributed by atoms with Gasteiger partial charge in [-0.1, -0.05) is 26.0 Å². The number of carbonyl (C=O) groups is 1. The molecular weight excluding hydrogens is 236 g/mol. The molecule has 0 spiro atoms. The Labute approximate surface area is 105 Å². The number of rotatable bonds is 6. The molecule has 0 bridgehead atoms. The second-order valence-corrected chi connectivity index (χ2v) is 4.37. The van der Waals surface area contributed by atoms with Crippen LogP contribution in [-0.2, 0) is 11.3 Å². The summed E-state index contributed by atoms with van der Waals surface area (Å²) < 4.78 is 0. The van der Waals surface area contributed by atoms with Crippen LogP contribution in [0.4, 0.5) is 5.69 Å². The number of hydrogen-bond donors (Lipinski definition) is 2. The van der Waals surface area contributed by atoms with Gasteiger partial charge in [0.25, 0.3) is 5.69 Å². The number of benzene rings is 1. The van der Waals surface area contributed by atoms with Crippen molar-refractivity contribution in [2.45, 2.75) is 26.4 Å². The van der Waals surface area contributed by atoms with Gasteiger partial charge < -0.3 is 10.4 Å². The van der Waals surface area contributed by atoms with Crippen molar-refractivity contribution in [1.82, 2.24) is 5.32 Å². The van der Waals surface area contributed by atoms with E-state index in [2.05, 4.69) is 5.32 Å². The smallest absolute Gasteiger partial charge is 0.320 e. The summed E-state index contributed by atoms with van der Waals surface area (Å²) in [5.41, 5.74) is 0.696. The van der Waals surface area contributed by atoms with Gasteiger partial charge in [0.15, 0.2) is 0 Å². The molecule has 0 radical (unpaired) electrons. The number of nitrogens with zero attached hydrogens (tertiary/aromatic N) is 1. The first-order chi connectivity index (χ1) is 8.41. The van der Waals surface area contributed by atoms with Crippen LogP contribution in [0.5, 0.6) is 0 Å². The Kier molecular flexibility index (Phi) is 4.79. The van der Waals surface area contributed by atoms with E-state index in [4.69, 9.17) is 5.11 Å². The summed E-state index contributed by atoms with van der Waals surface area (Å²) in [4.78, 5) is 21.1. The Morgan fingerprint density at radius 3 is 2.67 bits per heavy atom. The van der Waals surface area contributed by atoms with Gasteiger partial charge in [0.1, 0.15) is 6.04 Å². The van der Waals surface area contributed by atoms with Crippen molar-refractivity contribution in [2.24, 2.45) is 5.92 Å². The molecule has 0 heterocycles. The molecule has 0 aliphatic heterocycles. The first-order valence-corrected chi connectivity index (χ1v) is 5.61. The quantitative estimate of drug-likeness (QED) is 0.594. The van der Waals surface area contributed by atoms with Gasteiger partial charge in [-0.2, -0.15) is 0 Å². The molecule has 0 amide bonds. The highest BCUT2D eigenvalue weighted by atomic mass is 16.6. The SMILES string of the molecule is CC(C)C(NCc1cccc([N+](=O)[O-])c1)C(=O)O. The zero-order valence-corrected chi connectivity index (χ0v) is 10.3. The maximum atomic E-state index is 11.0. The van der Waals surface area contributed by atoms with Crippen LogP contribution in [0, 0.1) is 16.0 Å². The molecule has 2 N–H and O–H groups in total. The van der Waals surface area contributed by atoms with Crippen molar-refractivity contribution in [2.75, 3.05) is 0 Å². The number of carboxylic acid groups (broad SMARTS) is 1. The zero-order chi connectivity index (χ0) is 13.7. The number of nitro benzene ring substituents is 1. The van der Waals surface area contributed by atoms with Crippen molar-refractivity contribution in [3.8, 4) is 0 Å². The molecule has 0 saturated carbocycles. The minimum absolute atomic E-state index is 0.00530. The number of nitrogens with one attached hydrogen (secondary N) is 1. The summed E-state index contributed by atoms with van der Waals surface area (Å²) in [7, 11) is 0. The second-order valence-electron chi connectivity index (χ2n) is 4.37. The van der Waals surface area contributed by atoms with Crippen LogP contribution >= 0.6 is 0 Å². The van der Waals surface area contributed by atoms with Crippen LogP contribution in [0.2, 0.25) is 0 Å². The lowest BCUT2D eigenvalue weighted by atomic mass is 10.0. The molecule has 0 fully saturated rings. The first-order valence-electron chi connectivity index (χ1n) is 5.61. The van der Waals surface area contributed by atoms with E-state index < -0.39 is 16.9 Å². The molecule has 1 atom stereocenters. The molecule has 1 aromatic carbocycles. The van der Waals surface area contributed by atoms with Gasteiger partial charge in [0, 0.05) is 18.7 Å². The van der Waals surface area contributed by atoms with E-state index in [1.807, 2.05) is 0 Å². The zero-order valence-electron chi connectivity index (χ0n) is 10.3. The Balaban J connectivity index is 2.70. The third kappa shape index (κ3) is 3.81. The molecule has 6 heteroatoms. The number of hydrogen-bond acceptors (Lipinski definition) is 4. The number of nitro groups is 1. The maximum Gasteiger partial charge on any atom is 0.320 e. The molecule has 1 rings (SSSR count).